The molecule has 0 atom stereocenters. The summed E-state index contributed by atoms with van der Waals surface area (Å²) in [5, 5.41) is 4.14. The summed E-state index contributed by atoms with van der Waals surface area (Å²) in [4.78, 5) is 22.0. The highest BCUT2D eigenvalue weighted by atomic mass is 19.1. The first-order valence-corrected chi connectivity index (χ1v) is 7.96. The number of fused-ring (bicyclic) bond motifs is 1. The molecule has 1 amide bonds. The number of carbonyl (C=O) groups is 1. The van der Waals surface area contributed by atoms with Gasteiger partial charge in [0.05, 0.1) is 0 Å². The highest BCUT2D eigenvalue weighted by Gasteiger charge is 2.24. The van der Waals surface area contributed by atoms with Crippen LogP contribution >= 0.6 is 0 Å². The molecule has 2 aromatic heterocycles. The van der Waals surface area contributed by atoms with Gasteiger partial charge in [-0.25, -0.2) is 14.6 Å². The maximum Gasteiger partial charge on any atom is 0.244 e. The molecule has 0 aliphatic carbocycles. The number of nitrogens with zero attached hydrogens (tertiary/aromatic N) is 5. The van der Waals surface area contributed by atoms with E-state index in [0.717, 1.165) is 16.7 Å². The molecule has 0 saturated heterocycles. The molecular weight excluding hydrogens is 321 g/mol. The molecule has 0 bridgehead atoms. The second kappa shape index (κ2) is 6.08. The van der Waals surface area contributed by atoms with Crippen LogP contribution in [0, 0.1) is 12.9 Å². The molecule has 0 N–H and O–H groups in total. The minimum absolute atomic E-state index is 0.0183. The van der Waals surface area contributed by atoms with Gasteiger partial charge >= 0.3 is 0 Å². The van der Waals surface area contributed by atoms with Crippen LogP contribution in [-0.4, -0.2) is 30.6 Å². The Morgan fingerprint density at radius 3 is 2.80 bits per heavy atom. The summed E-state index contributed by atoms with van der Waals surface area (Å²) in [6.45, 7) is 3.01. The largest absolute Gasteiger partial charge is 0.332 e. The van der Waals surface area contributed by atoms with Crippen molar-refractivity contribution < 1.29 is 9.18 Å². The third kappa shape index (κ3) is 3.00. The Labute approximate surface area is 143 Å². The molecule has 0 radical (unpaired) electrons. The first-order valence-electron chi connectivity index (χ1n) is 7.96. The summed E-state index contributed by atoms with van der Waals surface area (Å²) >= 11 is 0. The number of hydrogen-bond acceptors (Lipinski definition) is 4. The van der Waals surface area contributed by atoms with Gasteiger partial charge in [-0.2, -0.15) is 9.49 Å². The third-order valence-electron chi connectivity index (χ3n) is 4.30. The van der Waals surface area contributed by atoms with Crippen LogP contribution in [0.15, 0.2) is 42.9 Å². The van der Waals surface area contributed by atoms with Crippen LogP contribution in [0.1, 0.15) is 17.0 Å². The van der Waals surface area contributed by atoms with E-state index in [1.807, 2.05) is 18.2 Å². The maximum atomic E-state index is 13.9. The monoisotopic (exact) mass is 337 g/mol. The standard InChI is InChI=1S/C18H16FN5O/c1-12-21-11-24(22-12)10-17(25)23-8-14-5-4-13(7-15(14)9-23)16-3-2-6-20-18(16)19/h2-7,11H,8-10H2,1H3. The summed E-state index contributed by atoms with van der Waals surface area (Å²) in [5.41, 5.74) is 3.35. The fourth-order valence-electron chi connectivity index (χ4n) is 3.04. The van der Waals surface area contributed by atoms with Crippen molar-refractivity contribution in [2.45, 2.75) is 26.6 Å². The lowest BCUT2D eigenvalue weighted by atomic mass is 10.0. The Morgan fingerprint density at radius 2 is 2.04 bits per heavy atom. The zero-order chi connectivity index (χ0) is 17.4. The molecule has 0 unspecified atom stereocenters. The van der Waals surface area contributed by atoms with E-state index in [4.69, 9.17) is 0 Å². The minimum Gasteiger partial charge on any atom is -0.332 e. The van der Waals surface area contributed by atoms with Gasteiger partial charge in [-0.15, -0.1) is 0 Å². The first kappa shape index (κ1) is 15.4. The molecule has 3 aromatic rings. The number of carbonyl (C=O) groups excluding carboxylic acids is 1. The second-order valence-electron chi connectivity index (χ2n) is 6.06. The zero-order valence-corrected chi connectivity index (χ0v) is 13.7. The van der Waals surface area contributed by atoms with Crippen LogP contribution in [0.2, 0.25) is 0 Å². The van der Waals surface area contributed by atoms with Crippen LogP contribution in [0.4, 0.5) is 4.39 Å². The number of amides is 1. The molecule has 1 aliphatic rings. The molecule has 0 fully saturated rings. The predicted molar refractivity (Wildman–Crippen MR) is 88.6 cm³/mol. The number of aryl methyl sites for hydroxylation is 1. The number of hydrogen-bond donors (Lipinski definition) is 0. The van der Waals surface area contributed by atoms with Crippen LogP contribution in [0.5, 0.6) is 0 Å². The Hall–Kier alpha value is -3.09. The van der Waals surface area contributed by atoms with E-state index in [2.05, 4.69) is 15.1 Å². The topological polar surface area (TPSA) is 63.9 Å². The lowest BCUT2D eigenvalue weighted by molar-refractivity contribution is -0.132. The van der Waals surface area contributed by atoms with Crippen LogP contribution < -0.4 is 0 Å². The van der Waals surface area contributed by atoms with Gasteiger partial charge < -0.3 is 4.90 Å². The van der Waals surface area contributed by atoms with E-state index < -0.39 is 5.95 Å². The summed E-state index contributed by atoms with van der Waals surface area (Å²) in [6.07, 6.45) is 2.98. The number of benzene rings is 1. The van der Waals surface area contributed by atoms with Crippen LogP contribution in [0.3, 0.4) is 0 Å². The average Bonchev–Trinajstić information content (AvgIpc) is 3.20. The summed E-state index contributed by atoms with van der Waals surface area (Å²) < 4.78 is 15.4. The molecule has 6 nitrogen and oxygen atoms in total. The Balaban J connectivity index is 1.53. The molecule has 0 spiro atoms. The van der Waals surface area contributed by atoms with Crippen molar-refractivity contribution in [3.05, 3.63) is 65.8 Å². The molecule has 4 rings (SSSR count). The smallest absolute Gasteiger partial charge is 0.244 e. The van der Waals surface area contributed by atoms with Gasteiger partial charge in [0.1, 0.15) is 18.7 Å². The molecule has 126 valence electrons. The van der Waals surface area contributed by atoms with E-state index in [-0.39, 0.29) is 12.5 Å². The van der Waals surface area contributed by atoms with Crippen molar-refractivity contribution in [2.24, 2.45) is 0 Å². The van der Waals surface area contributed by atoms with Gasteiger partial charge in [0.15, 0.2) is 0 Å². The molecule has 7 heteroatoms. The SMILES string of the molecule is Cc1ncn(CC(=O)N2Cc3ccc(-c4cccnc4F)cc3C2)n1. The van der Waals surface area contributed by atoms with Gasteiger partial charge in [-0.3, -0.25) is 4.79 Å². The fraction of sp³-hybridized carbons (Fsp3) is 0.222. The fourth-order valence-corrected chi connectivity index (χ4v) is 3.04. The van der Waals surface area contributed by atoms with Crippen LogP contribution in [-0.2, 0) is 24.4 Å². The first-order chi connectivity index (χ1) is 12.1. The van der Waals surface area contributed by atoms with Crippen molar-refractivity contribution in [1.82, 2.24) is 24.6 Å². The Morgan fingerprint density at radius 1 is 1.20 bits per heavy atom. The molecule has 3 heterocycles. The summed E-state index contributed by atoms with van der Waals surface area (Å²) in [7, 11) is 0. The molecule has 1 aliphatic heterocycles. The highest BCUT2D eigenvalue weighted by molar-refractivity contribution is 5.77. The van der Waals surface area contributed by atoms with E-state index in [1.165, 1.54) is 10.9 Å². The Bertz CT molecular complexity index is 952. The van der Waals surface area contributed by atoms with Crippen molar-refractivity contribution in [2.75, 3.05) is 0 Å². The normalized spacial score (nSPS) is 13.1. The molecular formula is C18H16FN5O. The Kier molecular flexibility index (Phi) is 3.76. The third-order valence-corrected chi connectivity index (χ3v) is 4.30. The minimum atomic E-state index is -0.491. The lowest BCUT2D eigenvalue weighted by Gasteiger charge is -2.14. The zero-order valence-electron chi connectivity index (χ0n) is 13.7. The summed E-state index contributed by atoms with van der Waals surface area (Å²) in [6, 6.07) is 9.16. The van der Waals surface area contributed by atoms with Crippen molar-refractivity contribution in [3.8, 4) is 11.1 Å². The number of aromatic nitrogens is 4. The van der Waals surface area contributed by atoms with E-state index in [0.29, 0.717) is 24.5 Å². The van der Waals surface area contributed by atoms with Gasteiger partial charge in [0, 0.05) is 24.8 Å². The van der Waals surface area contributed by atoms with E-state index >= 15 is 0 Å². The van der Waals surface area contributed by atoms with Gasteiger partial charge in [-0.05, 0) is 41.8 Å². The summed E-state index contributed by atoms with van der Waals surface area (Å²) in [5.74, 6) is 0.130. The lowest BCUT2D eigenvalue weighted by Crippen LogP contribution is -2.29. The van der Waals surface area contributed by atoms with E-state index in [9.17, 15) is 9.18 Å². The van der Waals surface area contributed by atoms with Gasteiger partial charge in [0.2, 0.25) is 11.9 Å². The highest BCUT2D eigenvalue weighted by Crippen LogP contribution is 2.29. The predicted octanol–water partition coefficient (Wildman–Crippen LogP) is 2.33. The second-order valence-corrected chi connectivity index (χ2v) is 6.06. The molecule has 1 aromatic carbocycles. The van der Waals surface area contributed by atoms with Crippen molar-refractivity contribution in [1.29, 1.82) is 0 Å². The van der Waals surface area contributed by atoms with Crippen molar-refractivity contribution >= 4 is 5.91 Å². The van der Waals surface area contributed by atoms with Crippen molar-refractivity contribution in [3.63, 3.8) is 0 Å². The quantitative estimate of drug-likeness (QED) is 0.688. The average molecular weight is 337 g/mol. The maximum absolute atomic E-state index is 13.9. The number of rotatable bonds is 3. The van der Waals surface area contributed by atoms with Crippen LogP contribution in [0.25, 0.3) is 11.1 Å². The number of pyridine rings is 1. The molecule has 0 saturated carbocycles. The van der Waals surface area contributed by atoms with Gasteiger partial charge in [0.25, 0.3) is 0 Å². The number of halogens is 1. The molecule has 25 heavy (non-hydrogen) atoms. The van der Waals surface area contributed by atoms with E-state index in [1.54, 1.807) is 30.3 Å². The van der Waals surface area contributed by atoms with Gasteiger partial charge in [-0.1, -0.05) is 12.1 Å².